The molecule has 4 aromatic rings. The van der Waals surface area contributed by atoms with Gasteiger partial charge in [-0.05, 0) is 73.4 Å². The lowest BCUT2D eigenvalue weighted by molar-refractivity contribution is -0.124. The summed E-state index contributed by atoms with van der Waals surface area (Å²) in [7, 11) is -4.03. The molecule has 10 nitrogen and oxygen atoms in total. The molecule has 1 saturated heterocycles. The highest BCUT2D eigenvalue weighted by atomic mass is 35.5. The molecule has 39 heavy (non-hydrogen) atoms. The predicted molar refractivity (Wildman–Crippen MR) is 146 cm³/mol. The second kappa shape index (κ2) is 11.4. The molecule has 0 radical (unpaired) electrons. The third-order valence-electron chi connectivity index (χ3n) is 6.43. The first-order chi connectivity index (χ1) is 18.8. The van der Waals surface area contributed by atoms with Crippen LogP contribution < -0.4 is 10.6 Å². The normalized spacial score (nSPS) is 16.1. The highest BCUT2D eigenvalue weighted by Gasteiger charge is 2.36. The first-order valence-electron chi connectivity index (χ1n) is 12.4. The van der Waals surface area contributed by atoms with Gasteiger partial charge < -0.3 is 15.1 Å². The molecule has 1 aliphatic heterocycles. The third-order valence-corrected chi connectivity index (χ3v) is 8.55. The molecule has 0 unspecified atom stereocenters. The number of hydrogen-bond acceptors (Lipinski definition) is 6. The molecule has 1 atom stereocenters. The van der Waals surface area contributed by atoms with Gasteiger partial charge in [-0.2, -0.15) is 9.40 Å². The molecule has 1 fully saturated rings. The van der Waals surface area contributed by atoms with Crippen molar-refractivity contribution in [2.45, 2.75) is 36.7 Å². The highest BCUT2D eigenvalue weighted by Crippen LogP contribution is 2.26. The fraction of sp³-hybridized carbons (Fsp3) is 0.222. The third kappa shape index (κ3) is 6.06. The van der Waals surface area contributed by atoms with Crippen molar-refractivity contribution in [1.29, 1.82) is 0 Å². The van der Waals surface area contributed by atoms with Gasteiger partial charge in [0, 0.05) is 29.7 Å². The number of aromatic nitrogens is 2. The van der Waals surface area contributed by atoms with Gasteiger partial charge >= 0.3 is 0 Å². The Morgan fingerprint density at radius 1 is 1.10 bits per heavy atom. The quantitative estimate of drug-likeness (QED) is 0.288. The second-order valence-electron chi connectivity index (χ2n) is 9.10. The number of carbonyl (C=O) groups is 2. The van der Waals surface area contributed by atoms with Crippen LogP contribution in [-0.2, 0) is 21.4 Å². The zero-order valence-electron chi connectivity index (χ0n) is 20.8. The van der Waals surface area contributed by atoms with Crippen LogP contribution in [0.3, 0.4) is 0 Å². The van der Waals surface area contributed by atoms with E-state index in [1.54, 1.807) is 42.5 Å². The highest BCUT2D eigenvalue weighted by molar-refractivity contribution is 7.89. The van der Waals surface area contributed by atoms with Gasteiger partial charge in [-0.25, -0.2) is 8.42 Å². The predicted octanol–water partition coefficient (Wildman–Crippen LogP) is 4.44. The number of nitrogens with one attached hydrogen (secondary N) is 3. The molecule has 0 bridgehead atoms. The molecule has 2 aromatic heterocycles. The average Bonchev–Trinajstić information content (AvgIpc) is 3.58. The number of anilines is 1. The number of aromatic amines is 1. The van der Waals surface area contributed by atoms with Crippen LogP contribution in [0.2, 0.25) is 5.02 Å². The van der Waals surface area contributed by atoms with E-state index < -0.39 is 16.1 Å². The Morgan fingerprint density at radius 3 is 2.59 bits per heavy atom. The summed E-state index contributed by atoms with van der Waals surface area (Å²) in [4.78, 5) is 25.7. The fourth-order valence-electron chi connectivity index (χ4n) is 4.37. The summed E-state index contributed by atoms with van der Waals surface area (Å²) in [5.74, 6) is 0.270. The SMILES string of the molecule is O=C(Nc1cc(-c2ccco2)n[nH]1)c1ccc(CN([C@@H]2CCCCNC2=O)S(=O)(=O)c2ccc(Cl)cc2)cc1. The molecule has 12 heteroatoms. The van der Waals surface area contributed by atoms with Gasteiger partial charge in [-0.15, -0.1) is 0 Å². The maximum atomic E-state index is 13.7. The van der Waals surface area contributed by atoms with E-state index in [1.165, 1.54) is 34.8 Å². The molecule has 3 N–H and O–H groups in total. The molecule has 202 valence electrons. The number of halogens is 1. The molecule has 3 heterocycles. The van der Waals surface area contributed by atoms with Gasteiger partial charge in [0.15, 0.2) is 5.76 Å². The second-order valence-corrected chi connectivity index (χ2v) is 11.4. The van der Waals surface area contributed by atoms with Crippen molar-refractivity contribution in [1.82, 2.24) is 19.8 Å². The summed E-state index contributed by atoms with van der Waals surface area (Å²) in [5, 5.41) is 12.9. The van der Waals surface area contributed by atoms with Gasteiger partial charge in [0.1, 0.15) is 17.6 Å². The molecular weight excluding hydrogens is 542 g/mol. The standard InChI is InChI=1S/C27H26ClN5O5S/c28-20-10-12-21(13-11-20)39(36,37)33(23-4-1-2-14-29-27(23)35)17-18-6-8-19(9-7-18)26(34)30-25-16-22(31-32-25)24-5-3-15-38-24/h3,5-13,15-16,23H,1-2,4,14,17H2,(H,29,35)(H2,30,31,32,34)/t23-/m1/s1. The topological polar surface area (TPSA) is 137 Å². The molecule has 2 amide bonds. The monoisotopic (exact) mass is 567 g/mol. The van der Waals surface area contributed by atoms with Crippen LogP contribution in [0.15, 0.2) is 82.3 Å². The van der Waals surface area contributed by atoms with Crippen LogP contribution in [0.25, 0.3) is 11.5 Å². The van der Waals surface area contributed by atoms with Crippen LogP contribution in [0, 0.1) is 0 Å². The summed E-state index contributed by atoms with van der Waals surface area (Å²) in [6.07, 6.45) is 3.43. The Balaban J connectivity index is 1.35. The number of hydrogen-bond donors (Lipinski definition) is 3. The van der Waals surface area contributed by atoms with Crippen molar-refractivity contribution in [3.05, 3.63) is 89.1 Å². The van der Waals surface area contributed by atoms with Crippen LogP contribution in [-0.4, -0.2) is 47.3 Å². The number of sulfonamides is 1. The van der Waals surface area contributed by atoms with Gasteiger partial charge in [-0.1, -0.05) is 23.7 Å². The Bertz CT molecular complexity index is 1550. The number of benzene rings is 2. The van der Waals surface area contributed by atoms with E-state index in [2.05, 4.69) is 20.8 Å². The molecule has 0 saturated carbocycles. The van der Waals surface area contributed by atoms with Gasteiger partial charge in [0.2, 0.25) is 15.9 Å². The Labute approximate surface area is 230 Å². The summed E-state index contributed by atoms with van der Waals surface area (Å²) in [6, 6.07) is 16.7. The van der Waals surface area contributed by atoms with Crippen LogP contribution in [0.4, 0.5) is 5.82 Å². The van der Waals surface area contributed by atoms with Gasteiger partial charge in [0.05, 0.1) is 11.2 Å². The summed E-state index contributed by atoms with van der Waals surface area (Å²) in [5.41, 5.74) is 1.55. The van der Waals surface area contributed by atoms with Crippen molar-refractivity contribution in [3.8, 4) is 11.5 Å². The van der Waals surface area contributed by atoms with Gasteiger partial charge in [-0.3, -0.25) is 14.7 Å². The molecular formula is C27H26ClN5O5S. The lowest BCUT2D eigenvalue weighted by Crippen LogP contribution is -2.48. The van der Waals surface area contributed by atoms with E-state index in [9.17, 15) is 18.0 Å². The molecule has 1 aliphatic rings. The number of rotatable bonds is 8. The Hall–Kier alpha value is -3.93. The number of furan rings is 1. The smallest absolute Gasteiger partial charge is 0.256 e. The average molecular weight is 568 g/mol. The number of H-pyrrole nitrogens is 1. The summed E-state index contributed by atoms with van der Waals surface area (Å²) >= 11 is 5.97. The first kappa shape index (κ1) is 26.7. The Morgan fingerprint density at radius 2 is 1.87 bits per heavy atom. The molecule has 0 spiro atoms. The molecule has 2 aromatic carbocycles. The van der Waals surface area contributed by atoms with Crippen LogP contribution in [0.1, 0.15) is 35.2 Å². The van der Waals surface area contributed by atoms with Crippen LogP contribution in [0.5, 0.6) is 0 Å². The van der Waals surface area contributed by atoms with E-state index in [4.69, 9.17) is 16.0 Å². The number of amides is 2. The summed E-state index contributed by atoms with van der Waals surface area (Å²) < 4.78 is 33.9. The van der Waals surface area contributed by atoms with E-state index in [1.807, 2.05) is 0 Å². The fourth-order valence-corrected chi connectivity index (χ4v) is 6.11. The summed E-state index contributed by atoms with van der Waals surface area (Å²) in [6.45, 7) is 0.464. The number of nitrogens with zero attached hydrogens (tertiary/aromatic N) is 2. The van der Waals surface area contributed by atoms with Gasteiger partial charge in [0.25, 0.3) is 5.91 Å². The first-order valence-corrected chi connectivity index (χ1v) is 14.2. The Kier molecular flexibility index (Phi) is 7.82. The van der Waals surface area contributed by atoms with Crippen molar-refractivity contribution in [3.63, 3.8) is 0 Å². The molecule has 0 aliphatic carbocycles. The molecule has 5 rings (SSSR count). The number of carbonyl (C=O) groups excluding carboxylic acids is 2. The lowest BCUT2D eigenvalue weighted by atomic mass is 10.1. The maximum absolute atomic E-state index is 13.7. The zero-order chi connectivity index (χ0) is 27.4. The van der Waals surface area contributed by atoms with Crippen molar-refractivity contribution in [2.75, 3.05) is 11.9 Å². The van der Waals surface area contributed by atoms with Crippen molar-refractivity contribution < 1.29 is 22.4 Å². The minimum Gasteiger partial charge on any atom is -0.463 e. The zero-order valence-corrected chi connectivity index (χ0v) is 22.3. The van der Waals surface area contributed by atoms with Crippen molar-refractivity contribution >= 4 is 39.3 Å². The lowest BCUT2D eigenvalue weighted by Gasteiger charge is -2.29. The minimum atomic E-state index is -4.03. The van der Waals surface area contributed by atoms with Crippen molar-refractivity contribution in [2.24, 2.45) is 0 Å². The van der Waals surface area contributed by atoms with E-state index in [-0.39, 0.29) is 23.3 Å². The largest absolute Gasteiger partial charge is 0.463 e. The van der Waals surface area contributed by atoms with E-state index in [0.29, 0.717) is 52.8 Å². The van der Waals surface area contributed by atoms with E-state index in [0.717, 1.165) is 6.42 Å². The van der Waals surface area contributed by atoms with Crippen LogP contribution >= 0.6 is 11.6 Å². The minimum absolute atomic E-state index is 0.0436. The van der Waals surface area contributed by atoms with E-state index >= 15 is 0 Å². The maximum Gasteiger partial charge on any atom is 0.256 e.